The molecule has 0 spiro atoms. The average Bonchev–Trinajstić information content (AvgIpc) is 2.24. The van der Waals surface area contributed by atoms with Gasteiger partial charge < -0.3 is 10.2 Å². The Morgan fingerprint density at radius 1 is 1.47 bits per heavy atom. The van der Waals surface area contributed by atoms with E-state index in [0.29, 0.717) is 30.4 Å². The summed E-state index contributed by atoms with van der Waals surface area (Å²) in [6, 6.07) is 2.02. The van der Waals surface area contributed by atoms with Crippen LogP contribution in [0, 0.1) is 11.3 Å². The fourth-order valence-corrected chi connectivity index (χ4v) is 1.24. The second kappa shape index (κ2) is 5.06. The zero-order valence-electron chi connectivity index (χ0n) is 8.40. The van der Waals surface area contributed by atoms with Gasteiger partial charge in [-0.1, -0.05) is 24.8 Å². The highest BCUT2D eigenvalue weighted by Gasteiger charge is 2.14. The lowest BCUT2D eigenvalue weighted by atomic mass is 9.99. The molecule has 0 fully saturated rings. The van der Waals surface area contributed by atoms with E-state index in [1.807, 2.05) is 6.07 Å². The van der Waals surface area contributed by atoms with E-state index >= 15 is 0 Å². The third kappa shape index (κ3) is 2.75. The summed E-state index contributed by atoms with van der Waals surface area (Å²) in [5.74, 6) is -0.281. The van der Waals surface area contributed by atoms with Crippen molar-refractivity contribution < 1.29 is 10.2 Å². The second-order valence-corrected chi connectivity index (χ2v) is 3.26. The highest BCUT2D eigenvalue weighted by atomic mass is 16.3. The Morgan fingerprint density at radius 3 is 2.87 bits per heavy atom. The van der Waals surface area contributed by atoms with Gasteiger partial charge in [0.15, 0.2) is 11.5 Å². The molecule has 15 heavy (non-hydrogen) atoms. The number of hydrogen-bond acceptors (Lipinski definition) is 3. The molecule has 78 valence electrons. The highest BCUT2D eigenvalue weighted by molar-refractivity contribution is 5.46. The Hall–Kier alpha value is -1.95. The quantitative estimate of drug-likeness (QED) is 0.693. The van der Waals surface area contributed by atoms with Gasteiger partial charge in [-0.15, -0.1) is 0 Å². The minimum atomic E-state index is -0.141. The number of aliphatic hydroxyl groups excluding tert-OH is 2. The molecule has 0 saturated carbocycles. The molecule has 0 aromatic heterocycles. The van der Waals surface area contributed by atoms with E-state index in [0.717, 1.165) is 0 Å². The van der Waals surface area contributed by atoms with Crippen LogP contribution in [0.15, 0.2) is 47.5 Å². The van der Waals surface area contributed by atoms with E-state index in [-0.39, 0.29) is 11.5 Å². The highest BCUT2D eigenvalue weighted by Crippen LogP contribution is 2.25. The topological polar surface area (TPSA) is 64.2 Å². The fourth-order valence-electron chi connectivity index (χ4n) is 1.24. The van der Waals surface area contributed by atoms with Gasteiger partial charge in [0.05, 0.1) is 6.07 Å². The molecular weight excluding hydrogens is 190 g/mol. The molecule has 0 atom stereocenters. The lowest BCUT2D eigenvalue weighted by molar-refractivity contribution is 0.338. The lowest BCUT2D eigenvalue weighted by Crippen LogP contribution is -2.01. The molecule has 0 amide bonds. The summed E-state index contributed by atoms with van der Waals surface area (Å²) in [6.45, 7) is 3.61. The molecule has 0 bridgehead atoms. The smallest absolute Gasteiger partial charge is 0.164 e. The van der Waals surface area contributed by atoms with Crippen LogP contribution in [-0.2, 0) is 0 Å². The Bertz CT molecular complexity index is 394. The van der Waals surface area contributed by atoms with Gasteiger partial charge in [0, 0.05) is 12.0 Å². The predicted octanol–water partition coefficient (Wildman–Crippen LogP) is 3.06. The number of rotatable bonds is 3. The van der Waals surface area contributed by atoms with Gasteiger partial charge in [-0.25, -0.2) is 0 Å². The molecule has 2 N–H and O–H groups in total. The number of aliphatic hydroxyl groups is 2. The third-order valence-electron chi connectivity index (χ3n) is 2.12. The average molecular weight is 203 g/mol. The van der Waals surface area contributed by atoms with Gasteiger partial charge >= 0.3 is 0 Å². The number of nitriles is 1. The number of hydrogen-bond donors (Lipinski definition) is 2. The second-order valence-electron chi connectivity index (χ2n) is 3.26. The summed E-state index contributed by atoms with van der Waals surface area (Å²) in [4.78, 5) is 0. The maximum absolute atomic E-state index is 9.55. The van der Waals surface area contributed by atoms with Crippen molar-refractivity contribution in [3.63, 3.8) is 0 Å². The first-order valence-corrected chi connectivity index (χ1v) is 4.71. The molecule has 1 aliphatic rings. The largest absolute Gasteiger partial charge is 0.504 e. The molecule has 0 aliphatic heterocycles. The molecule has 0 saturated heterocycles. The Morgan fingerprint density at radius 2 is 2.20 bits per heavy atom. The van der Waals surface area contributed by atoms with E-state index in [9.17, 15) is 10.2 Å². The Balaban J connectivity index is 2.69. The van der Waals surface area contributed by atoms with Crippen LogP contribution < -0.4 is 0 Å². The minimum absolute atomic E-state index is 0.139. The summed E-state index contributed by atoms with van der Waals surface area (Å²) in [7, 11) is 0. The molecule has 3 nitrogen and oxygen atoms in total. The van der Waals surface area contributed by atoms with E-state index < -0.39 is 0 Å². The zero-order valence-corrected chi connectivity index (χ0v) is 8.40. The van der Waals surface area contributed by atoms with Crippen molar-refractivity contribution >= 4 is 0 Å². The molecule has 3 heteroatoms. The summed E-state index contributed by atoms with van der Waals surface area (Å²) >= 11 is 0. The molecule has 0 radical (unpaired) electrons. The van der Waals surface area contributed by atoms with Crippen molar-refractivity contribution in [3.05, 3.63) is 47.5 Å². The van der Waals surface area contributed by atoms with Gasteiger partial charge in [-0.2, -0.15) is 5.26 Å². The number of nitrogens with zero attached hydrogens (tertiary/aromatic N) is 1. The molecule has 0 aromatic rings. The van der Waals surface area contributed by atoms with Gasteiger partial charge in [0.2, 0.25) is 0 Å². The molecule has 0 aromatic carbocycles. The maximum Gasteiger partial charge on any atom is 0.164 e. The van der Waals surface area contributed by atoms with Crippen LogP contribution in [0.5, 0.6) is 0 Å². The lowest BCUT2D eigenvalue weighted by Gasteiger charge is -2.12. The van der Waals surface area contributed by atoms with E-state index in [2.05, 4.69) is 6.58 Å². The van der Waals surface area contributed by atoms with Gasteiger partial charge in [-0.05, 0) is 18.4 Å². The third-order valence-corrected chi connectivity index (χ3v) is 2.12. The normalized spacial score (nSPS) is 16.7. The van der Waals surface area contributed by atoms with E-state index in [1.165, 1.54) is 0 Å². The molecule has 1 rings (SSSR count). The van der Waals surface area contributed by atoms with Crippen molar-refractivity contribution in [1.82, 2.24) is 0 Å². The standard InChI is InChI=1S/C12H13NO2/c1-9-6-7-10(12(15)11(9)14)5-3-2-4-8-13/h3,5,7,14-15H,1-2,4,6H2. The Kier molecular flexibility index (Phi) is 3.75. The summed E-state index contributed by atoms with van der Waals surface area (Å²) in [5.41, 5.74) is 1.10. The van der Waals surface area contributed by atoms with Crippen molar-refractivity contribution in [3.8, 4) is 6.07 Å². The maximum atomic E-state index is 9.55. The van der Waals surface area contributed by atoms with Crippen LogP contribution in [0.1, 0.15) is 19.3 Å². The molecule has 0 heterocycles. The first kappa shape index (κ1) is 11.1. The van der Waals surface area contributed by atoms with E-state index in [4.69, 9.17) is 5.26 Å². The predicted molar refractivity (Wildman–Crippen MR) is 58.1 cm³/mol. The molecule has 0 unspecified atom stereocenters. The number of allylic oxidation sites excluding steroid dienone is 4. The van der Waals surface area contributed by atoms with Crippen molar-refractivity contribution in [2.75, 3.05) is 0 Å². The fraction of sp³-hybridized carbons (Fsp3) is 0.250. The van der Waals surface area contributed by atoms with Crippen LogP contribution in [0.4, 0.5) is 0 Å². The SMILES string of the molecule is C=C1CC=C(C=CCCC#N)C(O)=C1O. The van der Waals surface area contributed by atoms with Gasteiger partial charge in [0.25, 0.3) is 0 Å². The van der Waals surface area contributed by atoms with Gasteiger partial charge in [-0.3, -0.25) is 0 Å². The number of unbranched alkanes of at least 4 members (excludes halogenated alkanes) is 1. The summed E-state index contributed by atoms with van der Waals surface area (Å²) < 4.78 is 0. The summed E-state index contributed by atoms with van der Waals surface area (Å²) in [5, 5.41) is 27.3. The van der Waals surface area contributed by atoms with Crippen LogP contribution in [-0.4, -0.2) is 10.2 Å². The first-order chi connectivity index (χ1) is 7.16. The minimum Gasteiger partial charge on any atom is -0.504 e. The van der Waals surface area contributed by atoms with Crippen LogP contribution in [0.3, 0.4) is 0 Å². The van der Waals surface area contributed by atoms with Crippen LogP contribution >= 0.6 is 0 Å². The van der Waals surface area contributed by atoms with Crippen molar-refractivity contribution in [2.24, 2.45) is 0 Å². The molecule has 1 aliphatic carbocycles. The van der Waals surface area contributed by atoms with Gasteiger partial charge in [0.1, 0.15) is 0 Å². The first-order valence-electron chi connectivity index (χ1n) is 4.71. The van der Waals surface area contributed by atoms with Crippen molar-refractivity contribution in [1.29, 1.82) is 5.26 Å². The monoisotopic (exact) mass is 203 g/mol. The van der Waals surface area contributed by atoms with Crippen LogP contribution in [0.2, 0.25) is 0 Å². The summed E-state index contributed by atoms with van der Waals surface area (Å²) in [6.07, 6.45) is 6.92. The van der Waals surface area contributed by atoms with E-state index in [1.54, 1.807) is 18.2 Å². The zero-order chi connectivity index (χ0) is 11.3. The van der Waals surface area contributed by atoms with Crippen molar-refractivity contribution in [2.45, 2.75) is 19.3 Å². The Labute approximate surface area is 89.0 Å². The van der Waals surface area contributed by atoms with Crippen LogP contribution in [0.25, 0.3) is 0 Å². The molecular formula is C12H13NO2.